The Hall–Kier alpha value is -2.14. The standard InChI is InChI=1S/C22H26BrNO3/c1-6-15-7-8-19(16(11-15)13-20(25)27-22(3,4)5)24-21(26)17-9-14(2)10-18(23)12-17/h7-12H,6,13H2,1-5H3,(H,24,26). The minimum absolute atomic E-state index is 0.109. The number of hydrogen-bond donors (Lipinski definition) is 1. The number of benzene rings is 2. The Kier molecular flexibility index (Phi) is 6.82. The molecule has 2 aromatic carbocycles. The predicted octanol–water partition coefficient (Wildman–Crippen LogP) is 5.46. The van der Waals surface area contributed by atoms with Crippen molar-refractivity contribution < 1.29 is 14.3 Å². The summed E-state index contributed by atoms with van der Waals surface area (Å²) in [5.41, 5.74) is 3.49. The quantitative estimate of drug-likeness (QED) is 0.639. The highest BCUT2D eigenvalue weighted by Crippen LogP contribution is 2.22. The van der Waals surface area contributed by atoms with Gasteiger partial charge >= 0.3 is 5.97 Å². The molecule has 0 aliphatic carbocycles. The normalized spacial score (nSPS) is 11.2. The van der Waals surface area contributed by atoms with E-state index in [9.17, 15) is 9.59 Å². The summed E-state index contributed by atoms with van der Waals surface area (Å²) in [6.45, 7) is 9.50. The highest BCUT2D eigenvalue weighted by Gasteiger charge is 2.19. The number of anilines is 1. The molecule has 2 rings (SSSR count). The fourth-order valence-corrected chi connectivity index (χ4v) is 3.34. The van der Waals surface area contributed by atoms with E-state index < -0.39 is 5.60 Å². The molecule has 2 aromatic rings. The van der Waals surface area contributed by atoms with Gasteiger partial charge in [-0.2, -0.15) is 0 Å². The molecule has 0 bridgehead atoms. The van der Waals surface area contributed by atoms with Crippen LogP contribution in [0.5, 0.6) is 0 Å². The first kappa shape index (κ1) is 21.2. The Balaban J connectivity index is 2.27. The molecule has 0 saturated carbocycles. The van der Waals surface area contributed by atoms with Crippen molar-refractivity contribution in [1.29, 1.82) is 0 Å². The van der Waals surface area contributed by atoms with Gasteiger partial charge in [0.1, 0.15) is 5.60 Å². The van der Waals surface area contributed by atoms with Crippen molar-refractivity contribution >= 4 is 33.5 Å². The molecule has 0 unspecified atom stereocenters. The summed E-state index contributed by atoms with van der Waals surface area (Å²) < 4.78 is 6.28. The first-order chi connectivity index (χ1) is 12.6. The maximum Gasteiger partial charge on any atom is 0.310 e. The van der Waals surface area contributed by atoms with Crippen molar-refractivity contribution in [2.24, 2.45) is 0 Å². The summed E-state index contributed by atoms with van der Waals surface area (Å²) in [5, 5.41) is 2.93. The molecule has 0 spiro atoms. The molecule has 0 aliphatic rings. The Morgan fingerprint density at radius 2 is 1.81 bits per heavy atom. The highest BCUT2D eigenvalue weighted by molar-refractivity contribution is 9.10. The van der Waals surface area contributed by atoms with E-state index in [4.69, 9.17) is 4.74 Å². The van der Waals surface area contributed by atoms with E-state index in [1.807, 2.05) is 58.0 Å². The van der Waals surface area contributed by atoms with Crippen molar-refractivity contribution in [1.82, 2.24) is 0 Å². The molecule has 27 heavy (non-hydrogen) atoms. The van der Waals surface area contributed by atoms with Gasteiger partial charge in [0.2, 0.25) is 0 Å². The van der Waals surface area contributed by atoms with E-state index in [2.05, 4.69) is 28.2 Å². The zero-order valence-corrected chi connectivity index (χ0v) is 18.1. The molecule has 0 fully saturated rings. The van der Waals surface area contributed by atoms with E-state index in [0.717, 1.165) is 27.6 Å². The van der Waals surface area contributed by atoms with Gasteiger partial charge in [0.25, 0.3) is 5.91 Å². The lowest BCUT2D eigenvalue weighted by Crippen LogP contribution is -2.25. The molecule has 0 heterocycles. The number of aryl methyl sites for hydroxylation is 2. The molecule has 4 nitrogen and oxygen atoms in total. The van der Waals surface area contributed by atoms with Crippen molar-refractivity contribution in [3.8, 4) is 0 Å². The topological polar surface area (TPSA) is 55.4 Å². The van der Waals surface area contributed by atoms with Crippen LogP contribution in [-0.4, -0.2) is 17.5 Å². The number of halogens is 1. The molecule has 1 amide bonds. The van der Waals surface area contributed by atoms with E-state index in [0.29, 0.717) is 11.3 Å². The van der Waals surface area contributed by atoms with Crippen LogP contribution < -0.4 is 5.32 Å². The van der Waals surface area contributed by atoms with Gasteiger partial charge in [-0.1, -0.05) is 35.0 Å². The SMILES string of the molecule is CCc1ccc(NC(=O)c2cc(C)cc(Br)c2)c(CC(=O)OC(C)(C)C)c1. The summed E-state index contributed by atoms with van der Waals surface area (Å²) in [6, 6.07) is 11.3. The van der Waals surface area contributed by atoms with Crippen LogP contribution >= 0.6 is 15.9 Å². The second-order valence-corrected chi connectivity index (χ2v) is 8.50. The molecular weight excluding hydrogens is 406 g/mol. The largest absolute Gasteiger partial charge is 0.460 e. The molecule has 144 valence electrons. The van der Waals surface area contributed by atoms with Gasteiger partial charge in [-0.3, -0.25) is 9.59 Å². The smallest absolute Gasteiger partial charge is 0.310 e. The first-order valence-electron chi connectivity index (χ1n) is 8.99. The molecule has 0 radical (unpaired) electrons. The Labute approximate surface area is 169 Å². The zero-order chi connectivity index (χ0) is 20.2. The Morgan fingerprint density at radius 3 is 2.41 bits per heavy atom. The van der Waals surface area contributed by atoms with Crippen LogP contribution in [0, 0.1) is 6.92 Å². The highest BCUT2D eigenvalue weighted by atomic mass is 79.9. The van der Waals surface area contributed by atoms with E-state index in [1.54, 1.807) is 6.07 Å². The van der Waals surface area contributed by atoms with Crippen molar-refractivity contribution in [3.63, 3.8) is 0 Å². The number of ether oxygens (including phenoxy) is 1. The number of amides is 1. The Bertz CT molecular complexity index is 833. The minimum Gasteiger partial charge on any atom is -0.460 e. The van der Waals surface area contributed by atoms with Gasteiger partial charge in [-0.25, -0.2) is 0 Å². The van der Waals surface area contributed by atoms with Gasteiger partial charge in [0.15, 0.2) is 0 Å². The van der Waals surface area contributed by atoms with Crippen LogP contribution in [0.15, 0.2) is 40.9 Å². The Morgan fingerprint density at radius 1 is 1.11 bits per heavy atom. The molecule has 0 saturated heterocycles. The van der Waals surface area contributed by atoms with E-state index in [1.165, 1.54) is 0 Å². The fraction of sp³-hybridized carbons (Fsp3) is 0.364. The second-order valence-electron chi connectivity index (χ2n) is 7.58. The van der Waals surface area contributed by atoms with Gasteiger partial charge in [0.05, 0.1) is 6.42 Å². The number of carbonyl (C=O) groups excluding carboxylic acids is 2. The van der Waals surface area contributed by atoms with Gasteiger partial charge in [-0.05, 0) is 75.1 Å². The fourth-order valence-electron chi connectivity index (χ4n) is 2.73. The van der Waals surface area contributed by atoms with Gasteiger partial charge in [0, 0.05) is 15.7 Å². The maximum atomic E-state index is 12.7. The zero-order valence-electron chi connectivity index (χ0n) is 16.5. The average molecular weight is 432 g/mol. The molecular formula is C22H26BrNO3. The molecule has 5 heteroatoms. The number of carbonyl (C=O) groups is 2. The molecule has 0 aromatic heterocycles. The average Bonchev–Trinajstić information content (AvgIpc) is 2.53. The summed E-state index contributed by atoms with van der Waals surface area (Å²) >= 11 is 3.42. The number of rotatable bonds is 5. The third kappa shape index (κ3) is 6.51. The van der Waals surface area contributed by atoms with Crippen molar-refractivity contribution in [2.45, 2.75) is 53.1 Å². The predicted molar refractivity (Wildman–Crippen MR) is 112 cm³/mol. The van der Waals surface area contributed by atoms with Crippen LogP contribution in [-0.2, 0) is 22.4 Å². The second kappa shape index (κ2) is 8.70. The van der Waals surface area contributed by atoms with Crippen LogP contribution in [0.2, 0.25) is 0 Å². The van der Waals surface area contributed by atoms with Gasteiger partial charge in [-0.15, -0.1) is 0 Å². The summed E-state index contributed by atoms with van der Waals surface area (Å²) in [4.78, 5) is 25.0. The number of nitrogens with one attached hydrogen (secondary N) is 1. The van der Waals surface area contributed by atoms with E-state index >= 15 is 0 Å². The summed E-state index contributed by atoms with van der Waals surface area (Å²) in [5.74, 6) is -0.529. The lowest BCUT2D eigenvalue weighted by atomic mass is 10.0. The lowest BCUT2D eigenvalue weighted by molar-refractivity contribution is -0.153. The maximum absolute atomic E-state index is 12.7. The summed E-state index contributed by atoms with van der Waals surface area (Å²) in [6.07, 6.45) is 0.957. The van der Waals surface area contributed by atoms with E-state index in [-0.39, 0.29) is 18.3 Å². The number of hydrogen-bond acceptors (Lipinski definition) is 3. The van der Waals surface area contributed by atoms with Crippen LogP contribution in [0.4, 0.5) is 5.69 Å². The van der Waals surface area contributed by atoms with Crippen LogP contribution in [0.3, 0.4) is 0 Å². The third-order valence-corrected chi connectivity index (χ3v) is 4.34. The minimum atomic E-state index is -0.545. The van der Waals surface area contributed by atoms with Crippen molar-refractivity contribution in [2.75, 3.05) is 5.32 Å². The molecule has 1 N–H and O–H groups in total. The third-order valence-electron chi connectivity index (χ3n) is 3.89. The monoisotopic (exact) mass is 431 g/mol. The first-order valence-corrected chi connectivity index (χ1v) is 9.79. The van der Waals surface area contributed by atoms with Crippen LogP contribution in [0.1, 0.15) is 54.7 Å². The van der Waals surface area contributed by atoms with Crippen LogP contribution in [0.25, 0.3) is 0 Å². The molecule has 0 atom stereocenters. The number of esters is 1. The van der Waals surface area contributed by atoms with Crippen molar-refractivity contribution in [3.05, 3.63) is 63.1 Å². The summed E-state index contributed by atoms with van der Waals surface area (Å²) in [7, 11) is 0. The molecule has 0 aliphatic heterocycles. The van der Waals surface area contributed by atoms with Gasteiger partial charge < -0.3 is 10.1 Å². The lowest BCUT2D eigenvalue weighted by Gasteiger charge is -2.20.